The molecule has 0 aliphatic rings. The lowest BCUT2D eigenvalue weighted by Gasteiger charge is -2.08. The highest BCUT2D eigenvalue weighted by Crippen LogP contribution is 2.18. The van der Waals surface area contributed by atoms with E-state index in [9.17, 15) is 4.79 Å². The summed E-state index contributed by atoms with van der Waals surface area (Å²) >= 11 is 5.84. The lowest BCUT2D eigenvalue weighted by molar-refractivity contribution is 0.101. The van der Waals surface area contributed by atoms with Crippen molar-refractivity contribution in [1.82, 2.24) is 9.55 Å². The summed E-state index contributed by atoms with van der Waals surface area (Å²) in [7, 11) is 0. The van der Waals surface area contributed by atoms with Crippen LogP contribution in [0.25, 0.3) is 0 Å². The zero-order valence-corrected chi connectivity index (χ0v) is 11.5. The van der Waals surface area contributed by atoms with Crippen LogP contribution in [0.5, 0.6) is 0 Å². The van der Waals surface area contributed by atoms with E-state index < -0.39 is 0 Å². The number of halogens is 1. The Hall–Kier alpha value is -2.01. The summed E-state index contributed by atoms with van der Waals surface area (Å²) in [6.45, 7) is 4.46. The predicted molar refractivity (Wildman–Crippen MR) is 76.5 cm³/mol. The molecule has 0 aromatic carbocycles. The van der Waals surface area contributed by atoms with Crippen LogP contribution < -0.4 is 11.1 Å². The van der Waals surface area contributed by atoms with Gasteiger partial charge in [-0.15, -0.1) is 0 Å². The third kappa shape index (κ3) is 2.88. The van der Waals surface area contributed by atoms with Crippen LogP contribution in [0.3, 0.4) is 0 Å². The molecule has 0 spiro atoms. The molecule has 0 radical (unpaired) electrons. The van der Waals surface area contributed by atoms with Crippen LogP contribution in [-0.2, 0) is 6.54 Å². The number of rotatable bonds is 3. The zero-order chi connectivity index (χ0) is 14.0. The van der Waals surface area contributed by atoms with E-state index in [0.717, 1.165) is 5.56 Å². The number of hydrogen-bond acceptors (Lipinski definition) is 3. The molecular formula is C13H15ClN4O. The summed E-state index contributed by atoms with van der Waals surface area (Å²) in [5, 5.41) is 3.21. The minimum Gasteiger partial charge on any atom is -0.397 e. The van der Waals surface area contributed by atoms with Crippen LogP contribution in [0.1, 0.15) is 23.0 Å². The maximum atomic E-state index is 12.2. The van der Waals surface area contributed by atoms with E-state index in [0.29, 0.717) is 28.8 Å². The van der Waals surface area contributed by atoms with E-state index in [2.05, 4.69) is 10.3 Å². The molecule has 5 nitrogen and oxygen atoms in total. The van der Waals surface area contributed by atoms with Crippen molar-refractivity contribution in [2.24, 2.45) is 0 Å². The van der Waals surface area contributed by atoms with Gasteiger partial charge in [0.25, 0.3) is 5.91 Å². The minimum absolute atomic E-state index is 0.220. The lowest BCUT2D eigenvalue weighted by atomic mass is 10.3. The van der Waals surface area contributed by atoms with Crippen molar-refractivity contribution < 1.29 is 4.79 Å². The van der Waals surface area contributed by atoms with Crippen LogP contribution in [0.15, 0.2) is 24.5 Å². The van der Waals surface area contributed by atoms with Crippen LogP contribution in [-0.4, -0.2) is 15.5 Å². The lowest BCUT2D eigenvalue weighted by Crippen LogP contribution is -2.16. The number of nitrogen functional groups attached to an aromatic ring is 1. The summed E-state index contributed by atoms with van der Waals surface area (Å²) in [5.74, 6) is -0.220. The molecule has 0 aliphatic heterocycles. The second-order valence-corrected chi connectivity index (χ2v) is 4.59. The van der Waals surface area contributed by atoms with Crippen LogP contribution in [0.4, 0.5) is 11.4 Å². The van der Waals surface area contributed by atoms with Crippen LogP contribution in [0.2, 0.25) is 5.15 Å². The Morgan fingerprint density at radius 3 is 2.89 bits per heavy atom. The molecule has 1 amide bonds. The second-order valence-electron chi connectivity index (χ2n) is 4.23. The third-order valence-corrected chi connectivity index (χ3v) is 3.16. The fourth-order valence-electron chi connectivity index (χ4n) is 1.81. The number of hydrogen-bond donors (Lipinski definition) is 2. The number of aromatic nitrogens is 2. The first kappa shape index (κ1) is 13.4. The maximum absolute atomic E-state index is 12.2. The van der Waals surface area contributed by atoms with Gasteiger partial charge >= 0.3 is 0 Å². The standard InChI is InChI=1S/C13H15ClN4O/c1-3-18-7-9(15)5-11(18)13(19)17-10-4-8(2)12(14)16-6-10/h4-7H,3,15H2,1-2H3,(H,17,19). The molecule has 100 valence electrons. The smallest absolute Gasteiger partial charge is 0.272 e. The van der Waals surface area contributed by atoms with Gasteiger partial charge in [-0.05, 0) is 31.5 Å². The van der Waals surface area contributed by atoms with E-state index in [4.69, 9.17) is 17.3 Å². The summed E-state index contributed by atoms with van der Waals surface area (Å²) < 4.78 is 1.79. The number of amides is 1. The highest BCUT2D eigenvalue weighted by Gasteiger charge is 2.12. The average Bonchev–Trinajstić information content (AvgIpc) is 2.75. The Labute approximate surface area is 116 Å². The molecular weight excluding hydrogens is 264 g/mol. The van der Waals surface area contributed by atoms with Gasteiger partial charge in [-0.2, -0.15) is 0 Å². The SMILES string of the molecule is CCn1cc(N)cc1C(=O)Nc1cnc(Cl)c(C)c1. The van der Waals surface area contributed by atoms with E-state index in [1.54, 1.807) is 22.9 Å². The number of carbonyl (C=O) groups excluding carboxylic acids is 1. The summed E-state index contributed by atoms with van der Waals surface area (Å²) in [6.07, 6.45) is 3.26. The van der Waals surface area contributed by atoms with Gasteiger partial charge in [0.05, 0.1) is 17.6 Å². The molecule has 2 rings (SSSR count). The normalized spacial score (nSPS) is 10.5. The number of nitrogens with two attached hydrogens (primary N) is 1. The number of pyridine rings is 1. The van der Waals surface area contributed by atoms with Crippen molar-refractivity contribution in [1.29, 1.82) is 0 Å². The van der Waals surface area contributed by atoms with Gasteiger partial charge in [-0.1, -0.05) is 11.6 Å². The molecule has 0 saturated carbocycles. The van der Waals surface area contributed by atoms with E-state index in [-0.39, 0.29) is 5.91 Å². The number of carbonyl (C=O) groups is 1. The minimum atomic E-state index is -0.220. The number of nitrogens with zero attached hydrogens (tertiary/aromatic N) is 2. The number of nitrogens with one attached hydrogen (secondary N) is 1. The fourth-order valence-corrected chi connectivity index (χ4v) is 1.91. The Morgan fingerprint density at radius 2 is 2.26 bits per heavy atom. The first-order chi connectivity index (χ1) is 9.01. The van der Waals surface area contributed by atoms with Crippen LogP contribution in [0, 0.1) is 6.92 Å². The van der Waals surface area contributed by atoms with Crippen molar-refractivity contribution in [2.45, 2.75) is 20.4 Å². The van der Waals surface area contributed by atoms with Crippen molar-refractivity contribution in [3.63, 3.8) is 0 Å². The van der Waals surface area contributed by atoms with Crippen molar-refractivity contribution in [3.8, 4) is 0 Å². The molecule has 0 atom stereocenters. The molecule has 0 unspecified atom stereocenters. The first-order valence-electron chi connectivity index (χ1n) is 5.90. The zero-order valence-electron chi connectivity index (χ0n) is 10.8. The fraction of sp³-hybridized carbons (Fsp3) is 0.231. The van der Waals surface area contributed by atoms with Gasteiger partial charge in [0.1, 0.15) is 10.8 Å². The number of aryl methyl sites for hydroxylation is 2. The summed E-state index contributed by atoms with van der Waals surface area (Å²) in [5.41, 5.74) is 8.20. The van der Waals surface area contributed by atoms with Crippen LogP contribution >= 0.6 is 11.6 Å². The summed E-state index contributed by atoms with van der Waals surface area (Å²) in [4.78, 5) is 16.1. The molecule has 2 aromatic rings. The largest absolute Gasteiger partial charge is 0.397 e. The van der Waals surface area contributed by atoms with Gasteiger partial charge in [-0.25, -0.2) is 4.98 Å². The highest BCUT2D eigenvalue weighted by atomic mass is 35.5. The van der Waals surface area contributed by atoms with E-state index in [1.165, 1.54) is 6.20 Å². The van der Waals surface area contributed by atoms with Crippen molar-refractivity contribution in [2.75, 3.05) is 11.1 Å². The molecule has 0 fully saturated rings. The first-order valence-corrected chi connectivity index (χ1v) is 6.28. The predicted octanol–water partition coefficient (Wildman–Crippen LogP) is 2.70. The van der Waals surface area contributed by atoms with Gasteiger partial charge in [0.2, 0.25) is 0 Å². The van der Waals surface area contributed by atoms with Gasteiger partial charge in [-0.3, -0.25) is 4.79 Å². The molecule has 0 aliphatic carbocycles. The Kier molecular flexibility index (Phi) is 3.76. The van der Waals surface area contributed by atoms with Gasteiger partial charge in [0.15, 0.2) is 0 Å². The highest BCUT2D eigenvalue weighted by molar-refractivity contribution is 6.30. The molecule has 0 saturated heterocycles. The van der Waals surface area contributed by atoms with E-state index in [1.807, 2.05) is 13.8 Å². The molecule has 6 heteroatoms. The second kappa shape index (κ2) is 5.32. The maximum Gasteiger partial charge on any atom is 0.272 e. The Bertz CT molecular complexity index is 621. The van der Waals surface area contributed by atoms with E-state index >= 15 is 0 Å². The van der Waals surface area contributed by atoms with Gasteiger partial charge in [0, 0.05) is 12.7 Å². The van der Waals surface area contributed by atoms with Crippen molar-refractivity contribution >= 4 is 28.9 Å². The molecule has 3 N–H and O–H groups in total. The molecule has 19 heavy (non-hydrogen) atoms. The molecule has 2 aromatic heterocycles. The topological polar surface area (TPSA) is 72.9 Å². The Morgan fingerprint density at radius 1 is 1.53 bits per heavy atom. The average molecular weight is 279 g/mol. The molecule has 0 bridgehead atoms. The molecule has 2 heterocycles. The Balaban J connectivity index is 2.22. The van der Waals surface area contributed by atoms with Gasteiger partial charge < -0.3 is 15.6 Å². The third-order valence-electron chi connectivity index (χ3n) is 2.76. The summed E-state index contributed by atoms with van der Waals surface area (Å²) in [6, 6.07) is 3.42. The quantitative estimate of drug-likeness (QED) is 0.848. The van der Waals surface area contributed by atoms with Crippen molar-refractivity contribution in [3.05, 3.63) is 40.9 Å². The number of anilines is 2. The monoisotopic (exact) mass is 278 g/mol.